The molecule has 3 N–H and O–H groups in total. The number of hydrogen-bond donors (Lipinski definition) is 2. The highest BCUT2D eigenvalue weighted by atomic mass is 15.0. The maximum Gasteiger partial charge on any atom is 0.130 e. The van der Waals surface area contributed by atoms with E-state index in [0.717, 1.165) is 17.2 Å². The average Bonchev–Trinajstić information content (AvgIpc) is 2.22. The van der Waals surface area contributed by atoms with Crippen LogP contribution in [0.1, 0.15) is 5.56 Å². The molecule has 0 aliphatic carbocycles. The van der Waals surface area contributed by atoms with Crippen molar-refractivity contribution in [2.75, 3.05) is 11.1 Å². The first-order valence-electron chi connectivity index (χ1n) is 4.79. The van der Waals surface area contributed by atoms with Crippen LogP contribution < -0.4 is 11.1 Å². The van der Waals surface area contributed by atoms with E-state index in [4.69, 9.17) is 5.73 Å². The van der Waals surface area contributed by atoms with Gasteiger partial charge in [0.15, 0.2) is 0 Å². The van der Waals surface area contributed by atoms with Gasteiger partial charge in [0.05, 0.1) is 0 Å². The normalized spacial score (nSPS) is 9.93. The molecular weight excluding hydrogens is 186 g/mol. The lowest BCUT2D eigenvalue weighted by atomic mass is 10.2. The molecule has 0 saturated carbocycles. The molecule has 0 bridgehead atoms. The average molecular weight is 199 g/mol. The van der Waals surface area contributed by atoms with Crippen LogP contribution in [0.3, 0.4) is 0 Å². The predicted molar refractivity (Wildman–Crippen MR) is 63.1 cm³/mol. The molecule has 3 nitrogen and oxygen atoms in total. The van der Waals surface area contributed by atoms with Crippen LogP contribution in [0.2, 0.25) is 0 Å². The lowest BCUT2D eigenvalue weighted by Crippen LogP contribution is -1.93. The third-order valence-electron chi connectivity index (χ3n) is 2.10. The lowest BCUT2D eigenvalue weighted by molar-refractivity contribution is 1.27. The third kappa shape index (κ3) is 2.47. The molecule has 0 spiro atoms. The summed E-state index contributed by atoms with van der Waals surface area (Å²) in [5.41, 5.74) is 8.53. The number of aromatic nitrogens is 1. The van der Waals surface area contributed by atoms with Crippen molar-refractivity contribution in [1.29, 1.82) is 0 Å². The number of nitrogens with two attached hydrogens (primary N) is 1. The lowest BCUT2D eigenvalue weighted by Gasteiger charge is -2.05. The maximum absolute atomic E-state index is 5.60. The fourth-order valence-electron chi connectivity index (χ4n) is 1.32. The molecule has 1 heterocycles. The first-order chi connectivity index (χ1) is 7.24. The Kier molecular flexibility index (Phi) is 2.54. The molecule has 0 saturated heterocycles. The maximum atomic E-state index is 5.60. The van der Waals surface area contributed by atoms with E-state index in [1.54, 1.807) is 6.20 Å². The number of anilines is 3. The smallest absolute Gasteiger partial charge is 0.130 e. The molecule has 0 fully saturated rings. The summed E-state index contributed by atoms with van der Waals surface area (Å²) in [4.78, 5) is 4.21. The molecule has 0 amide bonds. The van der Waals surface area contributed by atoms with Crippen LogP contribution in [0.4, 0.5) is 17.2 Å². The zero-order valence-electron chi connectivity index (χ0n) is 8.57. The van der Waals surface area contributed by atoms with Crippen LogP contribution in [0.15, 0.2) is 42.6 Å². The van der Waals surface area contributed by atoms with Crippen LogP contribution in [-0.2, 0) is 0 Å². The number of rotatable bonds is 2. The van der Waals surface area contributed by atoms with E-state index in [2.05, 4.69) is 10.3 Å². The van der Waals surface area contributed by atoms with E-state index in [1.807, 2.05) is 43.3 Å². The molecule has 15 heavy (non-hydrogen) atoms. The number of nitrogen functional groups attached to an aromatic ring is 1. The van der Waals surface area contributed by atoms with Gasteiger partial charge < -0.3 is 11.1 Å². The van der Waals surface area contributed by atoms with Crippen molar-refractivity contribution in [3.8, 4) is 0 Å². The second-order valence-electron chi connectivity index (χ2n) is 3.47. The minimum Gasteiger partial charge on any atom is -0.399 e. The van der Waals surface area contributed by atoms with Crippen molar-refractivity contribution in [1.82, 2.24) is 4.98 Å². The van der Waals surface area contributed by atoms with E-state index >= 15 is 0 Å². The number of nitrogens with zero attached hydrogens (tertiary/aromatic N) is 1. The largest absolute Gasteiger partial charge is 0.399 e. The van der Waals surface area contributed by atoms with Crippen LogP contribution in [-0.4, -0.2) is 4.98 Å². The minimum atomic E-state index is 0.762. The number of nitrogens with one attached hydrogen (secondary N) is 1. The van der Waals surface area contributed by atoms with Crippen molar-refractivity contribution in [2.24, 2.45) is 0 Å². The van der Waals surface area contributed by atoms with Crippen molar-refractivity contribution in [3.05, 3.63) is 48.2 Å². The van der Waals surface area contributed by atoms with E-state index in [0.29, 0.717) is 0 Å². The van der Waals surface area contributed by atoms with Gasteiger partial charge in [0.1, 0.15) is 5.82 Å². The summed E-state index contributed by atoms with van der Waals surface area (Å²) in [6.07, 6.45) is 1.79. The SMILES string of the molecule is Cc1ccnc(Nc2ccc(N)cc2)c1. The fraction of sp³-hybridized carbons (Fsp3) is 0.0833. The summed E-state index contributed by atoms with van der Waals surface area (Å²) in [6, 6.07) is 11.5. The second kappa shape index (κ2) is 4.00. The molecule has 0 atom stereocenters. The molecule has 76 valence electrons. The van der Waals surface area contributed by atoms with Crippen LogP contribution in [0.25, 0.3) is 0 Å². The van der Waals surface area contributed by atoms with Crippen LogP contribution in [0, 0.1) is 6.92 Å². The first-order valence-corrected chi connectivity index (χ1v) is 4.79. The van der Waals surface area contributed by atoms with Gasteiger partial charge in [-0.1, -0.05) is 0 Å². The second-order valence-corrected chi connectivity index (χ2v) is 3.47. The van der Waals surface area contributed by atoms with Gasteiger partial charge in [0, 0.05) is 17.6 Å². The Hall–Kier alpha value is -2.03. The molecule has 0 unspecified atom stereocenters. The highest BCUT2D eigenvalue weighted by Crippen LogP contribution is 2.16. The van der Waals surface area contributed by atoms with Crippen LogP contribution in [0.5, 0.6) is 0 Å². The highest BCUT2D eigenvalue weighted by Gasteiger charge is 1.95. The summed E-state index contributed by atoms with van der Waals surface area (Å²) < 4.78 is 0. The van der Waals surface area contributed by atoms with E-state index in [1.165, 1.54) is 5.56 Å². The zero-order valence-corrected chi connectivity index (χ0v) is 8.57. The van der Waals surface area contributed by atoms with Crippen molar-refractivity contribution >= 4 is 17.2 Å². The van der Waals surface area contributed by atoms with Crippen molar-refractivity contribution in [3.63, 3.8) is 0 Å². The standard InChI is InChI=1S/C12H13N3/c1-9-6-7-14-12(8-9)15-11-4-2-10(13)3-5-11/h2-8H,13H2,1H3,(H,14,15). The summed E-state index contributed by atoms with van der Waals surface area (Å²) in [6.45, 7) is 2.04. The topological polar surface area (TPSA) is 50.9 Å². The quantitative estimate of drug-likeness (QED) is 0.731. The van der Waals surface area contributed by atoms with Crippen LogP contribution >= 0.6 is 0 Å². The molecule has 1 aromatic carbocycles. The molecule has 0 aliphatic rings. The Labute approximate surface area is 89.0 Å². The van der Waals surface area contributed by atoms with Gasteiger partial charge in [-0.3, -0.25) is 0 Å². The third-order valence-corrected chi connectivity index (χ3v) is 2.10. The molecular formula is C12H13N3. The monoisotopic (exact) mass is 199 g/mol. The van der Waals surface area contributed by atoms with Gasteiger partial charge in [-0.05, 0) is 48.9 Å². The molecule has 1 aromatic heterocycles. The van der Waals surface area contributed by atoms with Gasteiger partial charge in [-0.2, -0.15) is 0 Å². The summed E-state index contributed by atoms with van der Waals surface area (Å²) in [7, 11) is 0. The molecule has 0 radical (unpaired) electrons. The highest BCUT2D eigenvalue weighted by molar-refractivity contribution is 5.59. The summed E-state index contributed by atoms with van der Waals surface area (Å²) in [5.74, 6) is 0.847. The number of pyridine rings is 1. The summed E-state index contributed by atoms with van der Waals surface area (Å²) >= 11 is 0. The van der Waals surface area contributed by atoms with Gasteiger partial charge in [0.25, 0.3) is 0 Å². The number of hydrogen-bond acceptors (Lipinski definition) is 3. The van der Waals surface area contributed by atoms with Gasteiger partial charge in [0.2, 0.25) is 0 Å². The van der Waals surface area contributed by atoms with Crippen molar-refractivity contribution < 1.29 is 0 Å². The Morgan fingerprint density at radius 3 is 2.53 bits per heavy atom. The Morgan fingerprint density at radius 2 is 1.87 bits per heavy atom. The minimum absolute atomic E-state index is 0.762. The molecule has 0 aliphatic heterocycles. The van der Waals surface area contributed by atoms with Gasteiger partial charge in [-0.15, -0.1) is 0 Å². The zero-order chi connectivity index (χ0) is 10.7. The number of benzene rings is 1. The Balaban J connectivity index is 2.18. The molecule has 2 rings (SSSR count). The van der Waals surface area contributed by atoms with E-state index < -0.39 is 0 Å². The van der Waals surface area contributed by atoms with E-state index in [-0.39, 0.29) is 0 Å². The Bertz CT molecular complexity index is 449. The van der Waals surface area contributed by atoms with E-state index in [9.17, 15) is 0 Å². The van der Waals surface area contributed by atoms with Crippen molar-refractivity contribution in [2.45, 2.75) is 6.92 Å². The predicted octanol–water partition coefficient (Wildman–Crippen LogP) is 2.72. The molecule has 2 aromatic rings. The fourth-order valence-corrected chi connectivity index (χ4v) is 1.32. The number of aryl methyl sites for hydroxylation is 1. The molecule has 3 heteroatoms. The first kappa shape index (κ1) is 9.52. The van der Waals surface area contributed by atoms with Gasteiger partial charge in [-0.25, -0.2) is 4.98 Å². The van der Waals surface area contributed by atoms with Gasteiger partial charge >= 0.3 is 0 Å². The Morgan fingerprint density at radius 1 is 1.13 bits per heavy atom. The summed E-state index contributed by atoms with van der Waals surface area (Å²) in [5, 5.41) is 3.21.